The third-order valence-corrected chi connectivity index (χ3v) is 2.85. The number of nitrogens with zero attached hydrogens (tertiary/aromatic N) is 2. The van der Waals surface area contributed by atoms with Gasteiger partial charge in [-0.15, -0.1) is 12.4 Å². The van der Waals surface area contributed by atoms with Crippen molar-refractivity contribution in [3.63, 3.8) is 0 Å². The molecule has 1 aliphatic heterocycles. The van der Waals surface area contributed by atoms with E-state index in [0.717, 1.165) is 24.7 Å². The van der Waals surface area contributed by atoms with Crippen LogP contribution < -0.4 is 5.32 Å². The third-order valence-electron chi connectivity index (χ3n) is 2.85. The van der Waals surface area contributed by atoms with Crippen molar-refractivity contribution < 1.29 is 4.52 Å². The monoisotopic (exact) mass is 231 g/mol. The molecule has 5 heteroatoms. The summed E-state index contributed by atoms with van der Waals surface area (Å²) < 4.78 is 5.23. The van der Waals surface area contributed by atoms with E-state index in [1.807, 2.05) is 6.92 Å². The van der Waals surface area contributed by atoms with Gasteiger partial charge in [-0.3, -0.25) is 0 Å². The minimum absolute atomic E-state index is 0. The van der Waals surface area contributed by atoms with E-state index >= 15 is 0 Å². The highest BCUT2D eigenvalue weighted by Gasteiger charge is 2.34. The second-order valence-electron chi connectivity index (χ2n) is 4.30. The van der Waals surface area contributed by atoms with E-state index in [-0.39, 0.29) is 12.4 Å². The van der Waals surface area contributed by atoms with E-state index in [0.29, 0.717) is 17.9 Å². The molecular weight excluding hydrogens is 214 g/mol. The average Bonchev–Trinajstić information content (AvgIpc) is 2.70. The Kier molecular flexibility index (Phi) is 4.11. The van der Waals surface area contributed by atoms with Gasteiger partial charge in [-0.1, -0.05) is 19.0 Å². The van der Waals surface area contributed by atoms with Gasteiger partial charge in [0.05, 0.1) is 5.92 Å². The first-order valence-electron chi connectivity index (χ1n) is 5.22. The van der Waals surface area contributed by atoms with Crippen molar-refractivity contribution >= 4 is 12.4 Å². The molecule has 2 unspecified atom stereocenters. The largest absolute Gasteiger partial charge is 0.339 e. The minimum atomic E-state index is 0. The predicted octanol–water partition coefficient (Wildman–Crippen LogP) is 1.90. The van der Waals surface area contributed by atoms with E-state index in [1.54, 1.807) is 0 Å². The van der Waals surface area contributed by atoms with E-state index in [2.05, 4.69) is 29.3 Å². The lowest BCUT2D eigenvalue weighted by atomic mass is 9.92. The molecule has 1 aliphatic rings. The standard InChI is InChI=1S/C10H17N3O.ClH/c1-6(2)9-8(4-5-11-9)10-12-7(3)13-14-10;/h6,8-9,11H,4-5H2,1-3H3;1H. The molecule has 2 atom stereocenters. The lowest BCUT2D eigenvalue weighted by molar-refractivity contribution is 0.314. The van der Waals surface area contributed by atoms with Crippen LogP contribution in [0, 0.1) is 12.8 Å². The van der Waals surface area contributed by atoms with Gasteiger partial charge >= 0.3 is 0 Å². The predicted molar refractivity (Wildman–Crippen MR) is 60.3 cm³/mol. The molecule has 0 amide bonds. The Labute approximate surface area is 96.2 Å². The van der Waals surface area contributed by atoms with Gasteiger partial charge < -0.3 is 9.84 Å². The molecule has 15 heavy (non-hydrogen) atoms. The smallest absolute Gasteiger partial charge is 0.231 e. The summed E-state index contributed by atoms with van der Waals surface area (Å²) in [6, 6.07) is 0.481. The van der Waals surface area contributed by atoms with Crippen LogP contribution in [0.2, 0.25) is 0 Å². The zero-order chi connectivity index (χ0) is 10.1. The number of rotatable bonds is 2. The quantitative estimate of drug-likeness (QED) is 0.845. The fourth-order valence-electron chi connectivity index (χ4n) is 2.17. The molecule has 2 heterocycles. The maximum absolute atomic E-state index is 5.23. The average molecular weight is 232 g/mol. The van der Waals surface area contributed by atoms with Crippen LogP contribution in [0.25, 0.3) is 0 Å². The molecule has 0 bridgehead atoms. The zero-order valence-electron chi connectivity index (χ0n) is 9.36. The first-order valence-corrected chi connectivity index (χ1v) is 5.22. The maximum Gasteiger partial charge on any atom is 0.231 e. The fourth-order valence-corrected chi connectivity index (χ4v) is 2.17. The molecule has 0 spiro atoms. The second kappa shape index (κ2) is 4.94. The second-order valence-corrected chi connectivity index (χ2v) is 4.30. The highest BCUT2D eigenvalue weighted by atomic mass is 35.5. The van der Waals surface area contributed by atoms with Crippen LogP contribution in [0.3, 0.4) is 0 Å². The molecule has 0 saturated carbocycles. The summed E-state index contributed by atoms with van der Waals surface area (Å²) in [6.45, 7) is 7.35. The van der Waals surface area contributed by atoms with E-state index in [4.69, 9.17) is 4.52 Å². The highest BCUT2D eigenvalue weighted by molar-refractivity contribution is 5.85. The van der Waals surface area contributed by atoms with E-state index < -0.39 is 0 Å². The number of nitrogens with one attached hydrogen (secondary N) is 1. The Bertz CT molecular complexity index is 313. The fraction of sp³-hybridized carbons (Fsp3) is 0.800. The lowest BCUT2D eigenvalue weighted by Gasteiger charge is -2.19. The summed E-state index contributed by atoms with van der Waals surface area (Å²) >= 11 is 0. The molecule has 1 fully saturated rings. The van der Waals surface area contributed by atoms with Crippen LogP contribution in [0.4, 0.5) is 0 Å². The molecule has 1 saturated heterocycles. The summed E-state index contributed by atoms with van der Waals surface area (Å²) in [6.07, 6.45) is 1.10. The number of halogens is 1. The summed E-state index contributed by atoms with van der Waals surface area (Å²) in [7, 11) is 0. The van der Waals surface area contributed by atoms with Crippen molar-refractivity contribution in [3.8, 4) is 0 Å². The van der Waals surface area contributed by atoms with Gasteiger partial charge in [0.1, 0.15) is 0 Å². The van der Waals surface area contributed by atoms with Crippen LogP contribution in [-0.2, 0) is 0 Å². The van der Waals surface area contributed by atoms with Gasteiger partial charge in [0, 0.05) is 6.04 Å². The van der Waals surface area contributed by atoms with Crippen LogP contribution in [0.15, 0.2) is 4.52 Å². The first-order chi connectivity index (χ1) is 6.68. The molecule has 1 aromatic rings. The highest BCUT2D eigenvalue weighted by Crippen LogP contribution is 2.30. The van der Waals surface area contributed by atoms with Crippen molar-refractivity contribution in [1.82, 2.24) is 15.5 Å². The SMILES string of the molecule is Cc1noc(C2CCNC2C(C)C)n1.Cl. The number of hydrogen-bond donors (Lipinski definition) is 1. The number of aryl methyl sites for hydroxylation is 1. The molecule has 0 aromatic carbocycles. The van der Waals surface area contributed by atoms with Gasteiger partial charge in [-0.2, -0.15) is 4.98 Å². The molecule has 2 rings (SSSR count). The molecule has 0 radical (unpaired) electrons. The summed E-state index contributed by atoms with van der Waals surface area (Å²) in [5, 5.41) is 7.33. The van der Waals surface area contributed by atoms with Gasteiger partial charge in [0.25, 0.3) is 0 Å². The number of hydrogen-bond acceptors (Lipinski definition) is 4. The van der Waals surface area contributed by atoms with Gasteiger partial charge in [0.15, 0.2) is 5.82 Å². The zero-order valence-corrected chi connectivity index (χ0v) is 10.2. The van der Waals surface area contributed by atoms with E-state index in [9.17, 15) is 0 Å². The normalized spacial score (nSPS) is 25.6. The Morgan fingerprint density at radius 3 is 2.73 bits per heavy atom. The molecule has 4 nitrogen and oxygen atoms in total. The van der Waals surface area contributed by atoms with E-state index in [1.165, 1.54) is 0 Å². The lowest BCUT2D eigenvalue weighted by Crippen LogP contribution is -2.31. The van der Waals surface area contributed by atoms with Crippen LogP contribution in [0.1, 0.15) is 37.9 Å². The third kappa shape index (κ3) is 2.49. The van der Waals surface area contributed by atoms with Crippen molar-refractivity contribution in [2.75, 3.05) is 6.54 Å². The Hall–Kier alpha value is -0.610. The Morgan fingerprint density at radius 1 is 1.47 bits per heavy atom. The molecule has 1 N–H and O–H groups in total. The maximum atomic E-state index is 5.23. The molecule has 86 valence electrons. The van der Waals surface area contributed by atoms with Crippen LogP contribution in [0.5, 0.6) is 0 Å². The van der Waals surface area contributed by atoms with Gasteiger partial charge in [-0.05, 0) is 25.8 Å². The molecule has 1 aromatic heterocycles. The summed E-state index contributed by atoms with van der Waals surface area (Å²) in [5.41, 5.74) is 0. The van der Waals surface area contributed by atoms with Crippen molar-refractivity contribution in [2.45, 2.75) is 39.2 Å². The van der Waals surface area contributed by atoms with Crippen molar-refractivity contribution in [2.24, 2.45) is 5.92 Å². The minimum Gasteiger partial charge on any atom is -0.339 e. The van der Waals surface area contributed by atoms with Crippen molar-refractivity contribution in [1.29, 1.82) is 0 Å². The topological polar surface area (TPSA) is 51.0 Å². The van der Waals surface area contributed by atoms with Crippen LogP contribution >= 0.6 is 12.4 Å². The summed E-state index contributed by atoms with van der Waals surface area (Å²) in [4.78, 5) is 4.31. The van der Waals surface area contributed by atoms with Crippen LogP contribution in [-0.4, -0.2) is 22.7 Å². The Balaban J connectivity index is 0.00000112. The summed E-state index contributed by atoms with van der Waals surface area (Å²) in [5.74, 6) is 2.53. The van der Waals surface area contributed by atoms with Gasteiger partial charge in [-0.25, -0.2) is 0 Å². The first kappa shape index (κ1) is 12.5. The van der Waals surface area contributed by atoms with Gasteiger partial charge in [0.2, 0.25) is 5.89 Å². The number of aromatic nitrogens is 2. The molecule has 0 aliphatic carbocycles. The van der Waals surface area contributed by atoms with Crippen molar-refractivity contribution in [3.05, 3.63) is 11.7 Å². The molecular formula is C10H18ClN3O. The Morgan fingerprint density at radius 2 is 2.20 bits per heavy atom.